The zero-order chi connectivity index (χ0) is 13.1. The summed E-state index contributed by atoms with van der Waals surface area (Å²) in [5.41, 5.74) is 15.5. The molecule has 4 heteroatoms. The first-order valence-electron chi connectivity index (χ1n) is 5.67. The fourth-order valence-electron chi connectivity index (χ4n) is 1.73. The number of ether oxygens (including phenoxy) is 1. The topological polar surface area (TPSA) is 73.3 Å². The number of methoxy groups -OCH3 is 1. The molecular weight excluding hydrogens is 226 g/mol. The first-order chi connectivity index (χ1) is 8.60. The van der Waals surface area contributed by atoms with Crippen molar-refractivity contribution in [3.63, 3.8) is 0 Å². The molecule has 0 saturated carbocycles. The zero-order valence-electron chi connectivity index (χ0n) is 10.5. The number of benzene rings is 2. The van der Waals surface area contributed by atoms with Crippen LogP contribution in [0.5, 0.6) is 5.75 Å². The van der Waals surface area contributed by atoms with Crippen molar-refractivity contribution in [3.05, 3.63) is 42.0 Å². The lowest BCUT2D eigenvalue weighted by Crippen LogP contribution is -1.98. The van der Waals surface area contributed by atoms with Crippen LogP contribution in [-0.4, -0.2) is 7.11 Å². The summed E-state index contributed by atoms with van der Waals surface area (Å²) in [6, 6.07) is 11.4. The van der Waals surface area contributed by atoms with Gasteiger partial charge in [-0.3, -0.25) is 0 Å². The van der Waals surface area contributed by atoms with E-state index in [0.29, 0.717) is 11.4 Å². The van der Waals surface area contributed by atoms with E-state index in [1.807, 2.05) is 31.2 Å². The predicted octanol–water partition coefficient (Wildman–Crippen LogP) is 2.91. The van der Waals surface area contributed by atoms with Crippen LogP contribution < -0.4 is 21.5 Å². The van der Waals surface area contributed by atoms with E-state index in [4.69, 9.17) is 16.2 Å². The van der Waals surface area contributed by atoms with Gasteiger partial charge in [0, 0.05) is 5.69 Å². The maximum atomic E-state index is 5.78. The van der Waals surface area contributed by atoms with E-state index in [0.717, 1.165) is 22.7 Å². The largest absolute Gasteiger partial charge is 0.495 e. The number of hydrogen-bond donors (Lipinski definition) is 3. The highest BCUT2D eigenvalue weighted by molar-refractivity contribution is 5.74. The van der Waals surface area contributed by atoms with Crippen LogP contribution in [-0.2, 0) is 0 Å². The summed E-state index contributed by atoms with van der Waals surface area (Å²) < 4.78 is 5.31. The normalized spacial score (nSPS) is 10.1. The van der Waals surface area contributed by atoms with Gasteiger partial charge in [0.1, 0.15) is 5.75 Å². The Balaban J connectivity index is 2.33. The number of rotatable bonds is 3. The summed E-state index contributed by atoms with van der Waals surface area (Å²) in [4.78, 5) is 0. The summed E-state index contributed by atoms with van der Waals surface area (Å²) in [7, 11) is 1.65. The van der Waals surface area contributed by atoms with Crippen LogP contribution in [0.3, 0.4) is 0 Å². The van der Waals surface area contributed by atoms with Crippen molar-refractivity contribution in [2.75, 3.05) is 23.9 Å². The van der Waals surface area contributed by atoms with Crippen LogP contribution in [0.1, 0.15) is 5.56 Å². The van der Waals surface area contributed by atoms with Crippen LogP contribution in [0, 0.1) is 6.92 Å². The third kappa shape index (κ3) is 2.48. The number of hydrogen-bond acceptors (Lipinski definition) is 4. The van der Waals surface area contributed by atoms with Crippen LogP contribution in [0.25, 0.3) is 0 Å². The van der Waals surface area contributed by atoms with E-state index in [9.17, 15) is 0 Å². The third-order valence-electron chi connectivity index (χ3n) is 2.72. The highest BCUT2D eigenvalue weighted by Crippen LogP contribution is 2.30. The average molecular weight is 243 g/mol. The minimum Gasteiger partial charge on any atom is -0.495 e. The van der Waals surface area contributed by atoms with Crippen molar-refractivity contribution < 1.29 is 4.74 Å². The molecule has 2 aromatic rings. The van der Waals surface area contributed by atoms with Gasteiger partial charge in [0.05, 0.1) is 24.2 Å². The van der Waals surface area contributed by atoms with Gasteiger partial charge >= 0.3 is 0 Å². The minimum atomic E-state index is 0.562. The molecule has 2 aromatic carbocycles. The Morgan fingerprint density at radius 1 is 1.00 bits per heavy atom. The smallest absolute Gasteiger partial charge is 0.142 e. The third-order valence-corrected chi connectivity index (χ3v) is 2.72. The van der Waals surface area contributed by atoms with Gasteiger partial charge in [0.2, 0.25) is 0 Å². The Labute approximate surface area is 107 Å². The minimum absolute atomic E-state index is 0.562. The van der Waals surface area contributed by atoms with Crippen molar-refractivity contribution in [2.24, 2.45) is 0 Å². The van der Waals surface area contributed by atoms with Gasteiger partial charge in [-0.1, -0.05) is 6.07 Å². The second-order valence-electron chi connectivity index (χ2n) is 4.17. The molecule has 0 aliphatic carbocycles. The van der Waals surface area contributed by atoms with E-state index in [1.165, 1.54) is 0 Å². The summed E-state index contributed by atoms with van der Waals surface area (Å²) in [6.07, 6.45) is 0. The lowest BCUT2D eigenvalue weighted by Gasteiger charge is -2.13. The Hall–Kier alpha value is -2.36. The molecule has 0 fully saturated rings. The zero-order valence-corrected chi connectivity index (χ0v) is 10.5. The van der Waals surface area contributed by atoms with Gasteiger partial charge in [-0.25, -0.2) is 0 Å². The molecule has 0 saturated heterocycles. The van der Waals surface area contributed by atoms with Gasteiger partial charge in [-0.15, -0.1) is 0 Å². The summed E-state index contributed by atoms with van der Waals surface area (Å²) in [6.45, 7) is 2.03. The predicted molar refractivity (Wildman–Crippen MR) is 76.3 cm³/mol. The van der Waals surface area contributed by atoms with E-state index >= 15 is 0 Å². The molecule has 4 nitrogen and oxygen atoms in total. The molecule has 0 heterocycles. The highest BCUT2D eigenvalue weighted by Gasteiger charge is 2.04. The van der Waals surface area contributed by atoms with E-state index in [2.05, 4.69) is 5.32 Å². The Morgan fingerprint density at radius 2 is 1.78 bits per heavy atom. The van der Waals surface area contributed by atoms with E-state index in [-0.39, 0.29) is 0 Å². The fraction of sp³-hybridized carbons (Fsp3) is 0.143. The number of nitrogens with one attached hydrogen (secondary N) is 1. The maximum absolute atomic E-state index is 5.78. The standard InChI is InChI=1S/C14H17N3O/c1-9-3-6-14(18-2)13(7-9)17-10-4-5-11(15)12(16)8-10/h3-8,17H,15-16H2,1-2H3. The molecule has 0 aromatic heterocycles. The molecule has 18 heavy (non-hydrogen) atoms. The molecule has 5 N–H and O–H groups in total. The summed E-state index contributed by atoms with van der Waals surface area (Å²) in [5, 5.41) is 3.27. The molecule has 94 valence electrons. The molecule has 0 bridgehead atoms. The van der Waals surface area contributed by atoms with Gasteiger partial charge in [0.15, 0.2) is 0 Å². The van der Waals surface area contributed by atoms with E-state index in [1.54, 1.807) is 19.2 Å². The Morgan fingerprint density at radius 3 is 2.44 bits per heavy atom. The number of nitrogens with two attached hydrogens (primary N) is 2. The molecule has 2 rings (SSSR count). The van der Waals surface area contributed by atoms with Crippen LogP contribution >= 0.6 is 0 Å². The van der Waals surface area contributed by atoms with Crippen LogP contribution in [0.4, 0.5) is 22.7 Å². The molecule has 0 radical (unpaired) electrons. The fourth-order valence-corrected chi connectivity index (χ4v) is 1.73. The first kappa shape index (κ1) is 12.1. The first-order valence-corrected chi connectivity index (χ1v) is 5.67. The summed E-state index contributed by atoms with van der Waals surface area (Å²) >= 11 is 0. The van der Waals surface area contributed by atoms with E-state index < -0.39 is 0 Å². The molecular formula is C14H17N3O. The average Bonchev–Trinajstić information content (AvgIpc) is 2.34. The SMILES string of the molecule is COc1ccc(C)cc1Nc1ccc(N)c(N)c1. The van der Waals surface area contributed by atoms with Gasteiger partial charge in [-0.05, 0) is 42.8 Å². The molecule has 0 amide bonds. The number of anilines is 4. The summed E-state index contributed by atoms with van der Waals surface area (Å²) in [5.74, 6) is 0.788. The maximum Gasteiger partial charge on any atom is 0.142 e. The number of aryl methyl sites for hydroxylation is 1. The molecule has 0 spiro atoms. The lowest BCUT2D eigenvalue weighted by molar-refractivity contribution is 0.416. The second-order valence-corrected chi connectivity index (χ2v) is 4.17. The molecule has 0 atom stereocenters. The van der Waals surface area contributed by atoms with Gasteiger partial charge in [-0.2, -0.15) is 0 Å². The van der Waals surface area contributed by atoms with Crippen LogP contribution in [0.15, 0.2) is 36.4 Å². The van der Waals surface area contributed by atoms with Crippen molar-refractivity contribution in [2.45, 2.75) is 6.92 Å². The molecule has 0 aliphatic heterocycles. The van der Waals surface area contributed by atoms with Crippen molar-refractivity contribution in [1.82, 2.24) is 0 Å². The van der Waals surface area contributed by atoms with Crippen molar-refractivity contribution in [3.8, 4) is 5.75 Å². The van der Waals surface area contributed by atoms with Crippen molar-refractivity contribution >= 4 is 22.7 Å². The van der Waals surface area contributed by atoms with Gasteiger partial charge in [0.25, 0.3) is 0 Å². The van der Waals surface area contributed by atoms with Crippen LogP contribution in [0.2, 0.25) is 0 Å². The molecule has 0 unspecified atom stereocenters. The van der Waals surface area contributed by atoms with Gasteiger partial charge < -0.3 is 21.5 Å². The monoisotopic (exact) mass is 243 g/mol. The van der Waals surface area contributed by atoms with Crippen molar-refractivity contribution in [1.29, 1.82) is 0 Å². The quantitative estimate of drug-likeness (QED) is 0.725. The highest BCUT2D eigenvalue weighted by atomic mass is 16.5. The lowest BCUT2D eigenvalue weighted by atomic mass is 10.2. The Bertz CT molecular complexity index is 567. The number of nitrogen functional groups attached to an aromatic ring is 2. The Kier molecular flexibility index (Phi) is 3.28. The molecule has 0 aliphatic rings. The second kappa shape index (κ2) is 4.87.